The number of hydrogen-bond acceptors (Lipinski definition) is 4. The Hall–Kier alpha value is -2.64. The molecule has 3 N–H and O–H groups in total. The van der Waals surface area contributed by atoms with Gasteiger partial charge in [-0.1, -0.05) is 48.0 Å². The number of aliphatic carboxylic acids is 1. The topological polar surface area (TPSA) is 108 Å². The predicted molar refractivity (Wildman–Crippen MR) is 108 cm³/mol. The van der Waals surface area contributed by atoms with Crippen LogP contribution < -0.4 is 40.4 Å². The zero-order valence-electron chi connectivity index (χ0n) is 16.8. The smallest absolute Gasteiger partial charge is 0.547 e. The monoisotopic (exact) mass is 410 g/mol. The maximum Gasteiger partial charge on any atom is 1.00 e. The molecule has 0 saturated heterocycles. The second-order valence-electron chi connectivity index (χ2n) is 7.10. The maximum atomic E-state index is 12.1. The minimum atomic E-state index is -1.82. The molecule has 0 bridgehead atoms. The number of nitrogens with zero attached hydrogens (tertiary/aromatic N) is 1. The first-order valence-electron chi connectivity index (χ1n) is 9.16. The molecule has 0 radical (unpaired) electrons. The Balaban J connectivity index is 0.00000256. The van der Waals surface area contributed by atoms with Gasteiger partial charge < -0.3 is 25.3 Å². The number of fused-ring (bicyclic) bond motifs is 3. The third kappa shape index (κ3) is 3.75. The molecule has 0 aliphatic rings. The van der Waals surface area contributed by atoms with Crippen LogP contribution in [0.3, 0.4) is 0 Å². The first-order valence-corrected chi connectivity index (χ1v) is 9.16. The van der Waals surface area contributed by atoms with Crippen LogP contribution in [0.25, 0.3) is 21.8 Å². The van der Waals surface area contributed by atoms with Crippen molar-refractivity contribution in [2.45, 2.75) is 19.6 Å². The Bertz CT molecular complexity index is 1280. The third-order valence-corrected chi connectivity index (χ3v) is 5.16. The molecular weight excluding hydrogens is 391 g/mol. The summed E-state index contributed by atoms with van der Waals surface area (Å²) in [6.07, 6.45) is -1.82. The fourth-order valence-corrected chi connectivity index (χ4v) is 3.94. The Morgan fingerprint density at radius 2 is 1.67 bits per heavy atom. The molecule has 1 heterocycles. The molecular formula is C23H19N2NaO4. The first-order chi connectivity index (χ1) is 13.9. The van der Waals surface area contributed by atoms with E-state index in [9.17, 15) is 19.8 Å². The van der Waals surface area contributed by atoms with Crippen LogP contribution in [0.15, 0.2) is 60.7 Å². The summed E-state index contributed by atoms with van der Waals surface area (Å²) in [4.78, 5) is 23.5. The molecule has 0 spiro atoms. The van der Waals surface area contributed by atoms with Gasteiger partial charge in [0.1, 0.15) is 6.10 Å². The van der Waals surface area contributed by atoms with Crippen molar-refractivity contribution in [2.75, 3.05) is 0 Å². The molecule has 3 aromatic carbocycles. The quantitative estimate of drug-likeness (QED) is 0.413. The minimum absolute atomic E-state index is 0. The molecule has 0 aliphatic heterocycles. The molecule has 1 atom stereocenters. The van der Waals surface area contributed by atoms with Crippen molar-refractivity contribution >= 4 is 33.7 Å². The average molecular weight is 410 g/mol. The van der Waals surface area contributed by atoms with Gasteiger partial charge in [-0.15, -0.1) is 0 Å². The number of aliphatic hydroxyl groups excluding tert-OH is 1. The number of aromatic nitrogens is 1. The first kappa shape index (κ1) is 22.1. The molecule has 6 nitrogen and oxygen atoms in total. The Morgan fingerprint density at radius 3 is 2.30 bits per heavy atom. The molecule has 1 unspecified atom stereocenters. The number of carboxylic acid groups (broad SMARTS) is 1. The van der Waals surface area contributed by atoms with Crippen LogP contribution in [-0.4, -0.2) is 21.6 Å². The summed E-state index contributed by atoms with van der Waals surface area (Å²) in [5, 5.41) is 22.6. The Kier molecular flexibility index (Phi) is 6.33. The number of carbonyl (C=O) groups excluding carboxylic acids is 2. The Morgan fingerprint density at radius 1 is 1.03 bits per heavy atom. The minimum Gasteiger partial charge on any atom is -0.547 e. The van der Waals surface area contributed by atoms with Crippen molar-refractivity contribution < 1.29 is 49.4 Å². The van der Waals surface area contributed by atoms with Crippen LogP contribution in [-0.2, 0) is 11.3 Å². The van der Waals surface area contributed by atoms with Crippen molar-refractivity contribution in [3.05, 3.63) is 82.9 Å². The molecule has 4 aromatic rings. The fraction of sp³-hybridized carbons (Fsp3) is 0.130. The number of carbonyl (C=O) groups is 2. The van der Waals surface area contributed by atoms with Crippen molar-refractivity contribution in [1.82, 2.24) is 4.57 Å². The normalized spacial score (nSPS) is 11.9. The standard InChI is InChI=1S/C23H20N2O4.Na/c1-13-5-2-6-14(11-13)12-25-17-9-3-7-15(21(26)23(28)29)19(17)20-16(22(24)27)8-4-10-18(20)25;/h2-11,21,26H,12H2,1H3,(H2,24,27)(H,28,29);/q;+1/p-1. The summed E-state index contributed by atoms with van der Waals surface area (Å²) >= 11 is 0. The molecule has 30 heavy (non-hydrogen) atoms. The van der Waals surface area contributed by atoms with Gasteiger partial charge in [0.05, 0.1) is 11.5 Å². The summed E-state index contributed by atoms with van der Waals surface area (Å²) in [5.74, 6) is -2.23. The number of aliphatic hydroxyl groups is 1. The maximum absolute atomic E-state index is 12.1. The summed E-state index contributed by atoms with van der Waals surface area (Å²) in [7, 11) is 0. The number of primary amides is 1. The third-order valence-electron chi connectivity index (χ3n) is 5.16. The van der Waals surface area contributed by atoms with Crippen LogP contribution >= 0.6 is 0 Å². The van der Waals surface area contributed by atoms with Gasteiger partial charge in [0.2, 0.25) is 5.91 Å². The summed E-state index contributed by atoms with van der Waals surface area (Å²) < 4.78 is 2.00. The molecule has 0 aliphatic carbocycles. The van der Waals surface area contributed by atoms with Crippen LogP contribution in [0.5, 0.6) is 0 Å². The van der Waals surface area contributed by atoms with Crippen LogP contribution in [0, 0.1) is 6.92 Å². The second kappa shape index (κ2) is 8.62. The molecule has 146 valence electrons. The van der Waals surface area contributed by atoms with E-state index in [-0.39, 0.29) is 40.7 Å². The van der Waals surface area contributed by atoms with Gasteiger partial charge in [-0.3, -0.25) is 4.79 Å². The molecule has 7 heteroatoms. The van der Waals surface area contributed by atoms with Crippen molar-refractivity contribution in [3.8, 4) is 0 Å². The van der Waals surface area contributed by atoms with Gasteiger partial charge >= 0.3 is 29.6 Å². The summed E-state index contributed by atoms with van der Waals surface area (Å²) in [6.45, 7) is 2.52. The van der Waals surface area contributed by atoms with Crippen molar-refractivity contribution in [3.63, 3.8) is 0 Å². The van der Waals surface area contributed by atoms with E-state index in [0.717, 1.165) is 16.6 Å². The molecule has 1 aromatic heterocycles. The van der Waals surface area contributed by atoms with E-state index in [1.165, 1.54) is 6.07 Å². The van der Waals surface area contributed by atoms with E-state index in [1.807, 2.05) is 41.8 Å². The SMILES string of the molecule is Cc1cccc(Cn2c3cccc(C(N)=O)c3c3c(C(O)C(=O)[O-])cccc32)c1.[Na+]. The van der Waals surface area contributed by atoms with Crippen molar-refractivity contribution in [1.29, 1.82) is 0 Å². The molecule has 4 rings (SSSR count). The molecule has 0 fully saturated rings. The van der Waals surface area contributed by atoms with Gasteiger partial charge in [-0.25, -0.2) is 0 Å². The second-order valence-corrected chi connectivity index (χ2v) is 7.10. The van der Waals surface area contributed by atoms with Gasteiger partial charge in [0.25, 0.3) is 0 Å². The van der Waals surface area contributed by atoms with E-state index in [4.69, 9.17) is 5.73 Å². The number of benzene rings is 3. The fourth-order valence-electron chi connectivity index (χ4n) is 3.94. The number of hydrogen-bond donors (Lipinski definition) is 2. The summed E-state index contributed by atoms with van der Waals surface area (Å²) in [5.41, 5.74) is 9.65. The number of nitrogens with two attached hydrogens (primary N) is 1. The van der Waals surface area contributed by atoms with Gasteiger partial charge in [0, 0.05) is 28.4 Å². The summed E-state index contributed by atoms with van der Waals surface area (Å²) in [6, 6.07) is 18.3. The predicted octanol–water partition coefficient (Wildman–Crippen LogP) is -0.963. The van der Waals surface area contributed by atoms with Gasteiger partial charge in [0.15, 0.2) is 0 Å². The zero-order valence-corrected chi connectivity index (χ0v) is 18.8. The largest absolute Gasteiger partial charge is 1.00 e. The van der Waals surface area contributed by atoms with E-state index < -0.39 is 18.0 Å². The number of aryl methyl sites for hydroxylation is 1. The average Bonchev–Trinajstić information content (AvgIpc) is 3.01. The van der Waals surface area contributed by atoms with Crippen LogP contribution in [0.1, 0.15) is 33.2 Å². The van der Waals surface area contributed by atoms with Gasteiger partial charge in [-0.05, 0) is 36.2 Å². The van der Waals surface area contributed by atoms with E-state index in [2.05, 4.69) is 6.07 Å². The van der Waals surface area contributed by atoms with E-state index >= 15 is 0 Å². The molecule has 1 amide bonds. The van der Waals surface area contributed by atoms with E-state index in [1.54, 1.807) is 18.2 Å². The van der Waals surface area contributed by atoms with Crippen molar-refractivity contribution in [2.24, 2.45) is 5.73 Å². The van der Waals surface area contributed by atoms with E-state index in [0.29, 0.717) is 22.8 Å². The zero-order chi connectivity index (χ0) is 20.7. The van der Waals surface area contributed by atoms with Crippen LogP contribution in [0.4, 0.5) is 0 Å². The Labute approximate surface area is 195 Å². The number of rotatable bonds is 5. The molecule has 0 saturated carbocycles. The number of amides is 1. The van der Waals surface area contributed by atoms with Crippen LogP contribution in [0.2, 0.25) is 0 Å². The van der Waals surface area contributed by atoms with Gasteiger partial charge in [-0.2, -0.15) is 0 Å². The number of carboxylic acids is 1.